The van der Waals surface area contributed by atoms with Crippen molar-refractivity contribution in [3.63, 3.8) is 0 Å². The second-order valence-electron chi connectivity index (χ2n) is 6.18. The van der Waals surface area contributed by atoms with Crippen LogP contribution in [0.15, 0.2) is 59.6 Å². The number of nitrogens with zero attached hydrogens (tertiary/aromatic N) is 1. The summed E-state index contributed by atoms with van der Waals surface area (Å²) in [4.78, 5) is 15.8. The molecule has 7 nitrogen and oxygen atoms in total. The quantitative estimate of drug-likeness (QED) is 0.637. The Morgan fingerprint density at radius 3 is 2.68 bits per heavy atom. The average molecular weight is 399 g/mol. The second-order valence-corrected chi connectivity index (χ2v) is 7.95. The third-order valence-electron chi connectivity index (χ3n) is 4.19. The van der Waals surface area contributed by atoms with Gasteiger partial charge in [-0.1, -0.05) is 24.3 Å². The summed E-state index contributed by atoms with van der Waals surface area (Å²) in [5.74, 6) is 0.0697. The van der Waals surface area contributed by atoms with Gasteiger partial charge in [0, 0.05) is 25.1 Å². The molecule has 0 saturated heterocycles. The molecule has 0 aliphatic heterocycles. The van der Waals surface area contributed by atoms with E-state index < -0.39 is 10.0 Å². The number of anilines is 1. The van der Waals surface area contributed by atoms with Crippen LogP contribution < -0.4 is 14.8 Å². The molecule has 28 heavy (non-hydrogen) atoms. The number of pyridine rings is 1. The summed E-state index contributed by atoms with van der Waals surface area (Å²) in [5.41, 5.74) is 2.13. The minimum Gasteiger partial charge on any atom is -0.495 e. The van der Waals surface area contributed by atoms with Crippen LogP contribution in [-0.2, 0) is 21.2 Å². The zero-order valence-corrected chi connectivity index (χ0v) is 16.4. The first-order valence-electron chi connectivity index (χ1n) is 8.68. The van der Waals surface area contributed by atoms with Gasteiger partial charge in [-0.15, -0.1) is 0 Å². The molecule has 0 radical (unpaired) electrons. The lowest BCUT2D eigenvalue weighted by atomic mass is 10.1. The zero-order chi connectivity index (χ0) is 20.1. The van der Waals surface area contributed by atoms with Gasteiger partial charge in [0.25, 0.3) is 0 Å². The molecule has 0 atom stereocenters. The number of ether oxygens (including phenoxy) is 1. The van der Waals surface area contributed by atoms with Gasteiger partial charge < -0.3 is 10.1 Å². The van der Waals surface area contributed by atoms with Crippen molar-refractivity contribution in [3.05, 3.63) is 60.3 Å². The van der Waals surface area contributed by atoms with Gasteiger partial charge in [0.15, 0.2) is 0 Å². The molecule has 2 N–H and O–H groups in total. The van der Waals surface area contributed by atoms with Crippen LogP contribution in [0.3, 0.4) is 0 Å². The summed E-state index contributed by atoms with van der Waals surface area (Å²) in [7, 11) is -2.29. The standard InChI is InChI=1S/C20H21N3O4S/c1-14(24)23-18-13-17(8-9-19(18)27-2)28(25,26)22-12-10-16-6-3-5-15-7-4-11-21-20(15)16/h3-9,11,13,22H,10,12H2,1-2H3,(H,23,24). The number of sulfonamides is 1. The highest BCUT2D eigenvalue weighted by Crippen LogP contribution is 2.27. The maximum atomic E-state index is 12.6. The number of benzene rings is 2. The largest absolute Gasteiger partial charge is 0.495 e. The lowest BCUT2D eigenvalue weighted by Gasteiger charge is -2.12. The molecule has 0 aliphatic carbocycles. The van der Waals surface area contributed by atoms with Crippen molar-refractivity contribution in [1.82, 2.24) is 9.71 Å². The van der Waals surface area contributed by atoms with Gasteiger partial charge in [-0.2, -0.15) is 0 Å². The minimum atomic E-state index is -3.74. The number of amides is 1. The predicted octanol–water partition coefficient (Wildman–Crippen LogP) is 2.72. The van der Waals surface area contributed by atoms with Crippen LogP contribution >= 0.6 is 0 Å². The molecule has 146 valence electrons. The molecular weight excluding hydrogens is 378 g/mol. The molecule has 1 aromatic heterocycles. The molecule has 0 fully saturated rings. The molecule has 3 rings (SSSR count). The first kappa shape index (κ1) is 19.8. The average Bonchev–Trinajstić information content (AvgIpc) is 2.67. The normalized spacial score (nSPS) is 11.4. The van der Waals surface area contributed by atoms with E-state index in [0.29, 0.717) is 17.9 Å². The van der Waals surface area contributed by atoms with E-state index in [9.17, 15) is 13.2 Å². The van der Waals surface area contributed by atoms with Crippen LogP contribution in [0, 0.1) is 0 Å². The summed E-state index contributed by atoms with van der Waals surface area (Å²) in [6.45, 7) is 1.57. The Balaban J connectivity index is 1.76. The van der Waals surface area contributed by atoms with E-state index in [4.69, 9.17) is 4.74 Å². The van der Waals surface area contributed by atoms with Crippen molar-refractivity contribution in [3.8, 4) is 5.75 Å². The highest BCUT2D eigenvalue weighted by molar-refractivity contribution is 7.89. The molecule has 0 unspecified atom stereocenters. The molecule has 1 amide bonds. The zero-order valence-electron chi connectivity index (χ0n) is 15.6. The maximum absolute atomic E-state index is 12.6. The molecular formula is C20H21N3O4S. The number of para-hydroxylation sites is 1. The number of methoxy groups -OCH3 is 1. The fourth-order valence-electron chi connectivity index (χ4n) is 2.91. The van der Waals surface area contributed by atoms with Gasteiger partial charge in [-0.3, -0.25) is 9.78 Å². The van der Waals surface area contributed by atoms with Crippen molar-refractivity contribution in [1.29, 1.82) is 0 Å². The van der Waals surface area contributed by atoms with E-state index in [1.165, 1.54) is 32.2 Å². The molecule has 0 aliphatic rings. The lowest BCUT2D eigenvalue weighted by Crippen LogP contribution is -2.26. The fraction of sp³-hybridized carbons (Fsp3) is 0.200. The van der Waals surface area contributed by atoms with Crippen LogP contribution in [0.5, 0.6) is 5.75 Å². The van der Waals surface area contributed by atoms with E-state index >= 15 is 0 Å². The molecule has 3 aromatic rings. The number of hydrogen-bond donors (Lipinski definition) is 2. The smallest absolute Gasteiger partial charge is 0.240 e. The van der Waals surface area contributed by atoms with Crippen LogP contribution in [0.1, 0.15) is 12.5 Å². The summed E-state index contributed by atoms with van der Waals surface area (Å²) < 4.78 is 33.0. The number of rotatable bonds is 7. The van der Waals surface area contributed by atoms with Gasteiger partial charge in [0.05, 0.1) is 23.2 Å². The molecule has 0 spiro atoms. The first-order chi connectivity index (χ1) is 13.4. The minimum absolute atomic E-state index is 0.0492. The van der Waals surface area contributed by atoms with Crippen LogP contribution in [-0.4, -0.2) is 33.0 Å². The second kappa shape index (κ2) is 8.37. The molecule has 0 bridgehead atoms. The van der Waals surface area contributed by atoms with E-state index in [2.05, 4.69) is 15.0 Å². The summed E-state index contributed by atoms with van der Waals surface area (Å²) >= 11 is 0. The topological polar surface area (TPSA) is 97.4 Å². The van der Waals surface area contributed by atoms with Crippen LogP contribution in [0.4, 0.5) is 5.69 Å². The van der Waals surface area contributed by atoms with E-state index in [-0.39, 0.29) is 17.3 Å². The van der Waals surface area contributed by atoms with Gasteiger partial charge in [-0.25, -0.2) is 13.1 Å². The Morgan fingerprint density at radius 1 is 1.14 bits per heavy atom. The maximum Gasteiger partial charge on any atom is 0.240 e. The molecule has 2 aromatic carbocycles. The number of aromatic nitrogens is 1. The number of fused-ring (bicyclic) bond motifs is 1. The SMILES string of the molecule is COc1ccc(S(=O)(=O)NCCc2cccc3cccnc23)cc1NC(C)=O. The first-order valence-corrected chi connectivity index (χ1v) is 10.2. The summed E-state index contributed by atoms with van der Waals surface area (Å²) in [6, 6.07) is 14.0. The van der Waals surface area contributed by atoms with E-state index in [1.807, 2.05) is 30.3 Å². The van der Waals surface area contributed by atoms with E-state index in [1.54, 1.807) is 6.20 Å². The van der Waals surface area contributed by atoms with E-state index in [0.717, 1.165) is 16.5 Å². The Bertz CT molecular complexity index is 1110. The Hall–Kier alpha value is -2.97. The third kappa shape index (κ3) is 4.47. The summed E-state index contributed by atoms with van der Waals surface area (Å²) in [6.07, 6.45) is 2.22. The monoisotopic (exact) mass is 399 g/mol. The third-order valence-corrected chi connectivity index (χ3v) is 5.65. The van der Waals surface area contributed by atoms with Crippen molar-refractivity contribution < 1.29 is 17.9 Å². The Kier molecular flexibility index (Phi) is 5.91. The van der Waals surface area contributed by atoms with Gasteiger partial charge in [-0.05, 0) is 36.2 Å². The Morgan fingerprint density at radius 2 is 1.93 bits per heavy atom. The van der Waals surface area contributed by atoms with Crippen molar-refractivity contribution >= 4 is 32.5 Å². The highest BCUT2D eigenvalue weighted by atomic mass is 32.2. The van der Waals surface area contributed by atoms with Gasteiger partial charge in [0.2, 0.25) is 15.9 Å². The van der Waals surface area contributed by atoms with Crippen molar-refractivity contribution in [2.75, 3.05) is 19.0 Å². The Labute approximate surface area is 163 Å². The number of nitrogens with one attached hydrogen (secondary N) is 2. The molecule has 8 heteroatoms. The number of carbonyl (C=O) groups excluding carboxylic acids is 1. The van der Waals surface area contributed by atoms with Crippen molar-refractivity contribution in [2.45, 2.75) is 18.2 Å². The summed E-state index contributed by atoms with van der Waals surface area (Å²) in [5, 5.41) is 3.59. The molecule has 0 saturated carbocycles. The highest BCUT2D eigenvalue weighted by Gasteiger charge is 2.17. The van der Waals surface area contributed by atoms with Gasteiger partial charge >= 0.3 is 0 Å². The van der Waals surface area contributed by atoms with Crippen molar-refractivity contribution in [2.24, 2.45) is 0 Å². The fourth-order valence-corrected chi connectivity index (χ4v) is 3.97. The number of hydrogen-bond acceptors (Lipinski definition) is 5. The predicted molar refractivity (Wildman–Crippen MR) is 108 cm³/mol. The van der Waals surface area contributed by atoms with Gasteiger partial charge in [0.1, 0.15) is 5.75 Å². The van der Waals surface area contributed by atoms with Crippen LogP contribution in [0.2, 0.25) is 0 Å². The van der Waals surface area contributed by atoms with Crippen LogP contribution in [0.25, 0.3) is 10.9 Å². The molecule has 1 heterocycles. The lowest BCUT2D eigenvalue weighted by molar-refractivity contribution is -0.114. The number of carbonyl (C=O) groups is 1.